The molecule has 64 valence electrons. The molecule has 0 aliphatic heterocycles. The van der Waals surface area contributed by atoms with Gasteiger partial charge in [-0.1, -0.05) is 22.6 Å². The molecule has 0 aromatic carbocycles. The van der Waals surface area contributed by atoms with Crippen molar-refractivity contribution >= 4 is 22.6 Å². The number of halogens is 1. The first-order chi connectivity index (χ1) is 5.88. The van der Waals surface area contributed by atoms with E-state index in [4.69, 9.17) is 5.26 Å². The summed E-state index contributed by atoms with van der Waals surface area (Å²) in [5, 5.41) is 8.52. The third-order valence-corrected chi connectivity index (χ3v) is 2.48. The SMILES string of the molecule is N#CCc1cccn1CCCI. The standard InChI is InChI=1S/C9H11IN2/c10-5-2-8-12-7-1-3-9(12)4-6-11/h1,3,7H,2,4-5,8H2. The Bertz CT molecular complexity index is 272. The van der Waals surface area contributed by atoms with Crippen molar-refractivity contribution in [1.29, 1.82) is 5.26 Å². The quantitative estimate of drug-likeness (QED) is 0.612. The summed E-state index contributed by atoms with van der Waals surface area (Å²) in [6.07, 6.45) is 3.74. The fourth-order valence-electron chi connectivity index (χ4n) is 1.14. The molecule has 0 unspecified atom stereocenters. The van der Waals surface area contributed by atoms with E-state index in [1.165, 1.54) is 10.8 Å². The van der Waals surface area contributed by atoms with Crippen LogP contribution in [0.2, 0.25) is 0 Å². The molecule has 0 amide bonds. The van der Waals surface area contributed by atoms with Crippen LogP contribution >= 0.6 is 22.6 Å². The van der Waals surface area contributed by atoms with Crippen LogP contribution in [0.4, 0.5) is 0 Å². The number of aryl methyl sites for hydroxylation is 1. The first-order valence-electron chi connectivity index (χ1n) is 3.95. The molecule has 0 fully saturated rings. The van der Waals surface area contributed by atoms with Gasteiger partial charge in [0.2, 0.25) is 0 Å². The molecule has 1 aromatic rings. The lowest BCUT2D eigenvalue weighted by Crippen LogP contribution is -2.01. The second-order valence-electron chi connectivity index (χ2n) is 2.57. The Hall–Kier alpha value is -0.500. The van der Waals surface area contributed by atoms with Crippen LogP contribution in [-0.4, -0.2) is 8.99 Å². The number of nitriles is 1. The summed E-state index contributed by atoms with van der Waals surface area (Å²) in [4.78, 5) is 0. The van der Waals surface area contributed by atoms with E-state index in [1.807, 2.05) is 18.3 Å². The zero-order chi connectivity index (χ0) is 8.81. The summed E-state index contributed by atoms with van der Waals surface area (Å²) < 4.78 is 3.32. The molecule has 1 heterocycles. The Labute approximate surface area is 86.3 Å². The number of hydrogen-bond acceptors (Lipinski definition) is 1. The summed E-state index contributed by atoms with van der Waals surface area (Å²) in [7, 11) is 0. The van der Waals surface area contributed by atoms with Crippen molar-refractivity contribution in [2.75, 3.05) is 4.43 Å². The molecule has 3 heteroatoms. The Morgan fingerprint density at radius 3 is 3.08 bits per heavy atom. The van der Waals surface area contributed by atoms with Gasteiger partial charge in [-0.05, 0) is 18.6 Å². The van der Waals surface area contributed by atoms with E-state index in [0.29, 0.717) is 6.42 Å². The second kappa shape index (κ2) is 5.20. The molecule has 2 nitrogen and oxygen atoms in total. The molecular formula is C9H11IN2. The van der Waals surface area contributed by atoms with Crippen molar-refractivity contribution in [2.45, 2.75) is 19.4 Å². The minimum Gasteiger partial charge on any atom is -0.350 e. The Balaban J connectivity index is 2.58. The van der Waals surface area contributed by atoms with Gasteiger partial charge in [0.1, 0.15) is 0 Å². The first kappa shape index (κ1) is 9.59. The number of aromatic nitrogens is 1. The van der Waals surface area contributed by atoms with Gasteiger partial charge in [0.15, 0.2) is 0 Å². The molecule has 0 bridgehead atoms. The van der Waals surface area contributed by atoms with Crippen LogP contribution in [0, 0.1) is 11.3 Å². The minimum absolute atomic E-state index is 0.522. The van der Waals surface area contributed by atoms with E-state index in [0.717, 1.165) is 12.2 Å². The monoisotopic (exact) mass is 274 g/mol. The van der Waals surface area contributed by atoms with E-state index < -0.39 is 0 Å². The maximum atomic E-state index is 8.52. The van der Waals surface area contributed by atoms with Gasteiger partial charge in [0.25, 0.3) is 0 Å². The largest absolute Gasteiger partial charge is 0.350 e. The van der Waals surface area contributed by atoms with Crippen LogP contribution in [-0.2, 0) is 13.0 Å². The number of hydrogen-bond donors (Lipinski definition) is 0. The van der Waals surface area contributed by atoms with E-state index in [9.17, 15) is 0 Å². The minimum atomic E-state index is 0.522. The second-order valence-corrected chi connectivity index (χ2v) is 3.65. The van der Waals surface area contributed by atoms with Gasteiger partial charge >= 0.3 is 0 Å². The van der Waals surface area contributed by atoms with Crippen LogP contribution in [0.3, 0.4) is 0 Å². The van der Waals surface area contributed by atoms with Crippen molar-refractivity contribution in [3.63, 3.8) is 0 Å². The molecule has 0 atom stereocenters. The summed E-state index contributed by atoms with van der Waals surface area (Å²) in [5.74, 6) is 0. The lowest BCUT2D eigenvalue weighted by molar-refractivity contribution is 0.667. The van der Waals surface area contributed by atoms with Gasteiger partial charge in [-0.3, -0.25) is 0 Å². The predicted octanol–water partition coefficient (Wildman–Crippen LogP) is 2.38. The maximum Gasteiger partial charge on any atom is 0.0754 e. The van der Waals surface area contributed by atoms with E-state index >= 15 is 0 Å². The van der Waals surface area contributed by atoms with Gasteiger partial charge < -0.3 is 4.57 Å². The normalized spacial score (nSPS) is 9.67. The highest BCUT2D eigenvalue weighted by atomic mass is 127. The number of rotatable bonds is 4. The molecule has 12 heavy (non-hydrogen) atoms. The van der Waals surface area contributed by atoms with Gasteiger partial charge in [-0.15, -0.1) is 0 Å². The summed E-state index contributed by atoms with van der Waals surface area (Å²) in [6, 6.07) is 6.17. The zero-order valence-corrected chi connectivity index (χ0v) is 8.99. The summed E-state index contributed by atoms with van der Waals surface area (Å²) >= 11 is 2.37. The van der Waals surface area contributed by atoms with Crippen molar-refractivity contribution < 1.29 is 0 Å². The zero-order valence-electron chi connectivity index (χ0n) is 6.83. The van der Waals surface area contributed by atoms with Crippen LogP contribution < -0.4 is 0 Å². The molecule has 0 aliphatic carbocycles. The van der Waals surface area contributed by atoms with Gasteiger partial charge in [0, 0.05) is 22.9 Å². The van der Waals surface area contributed by atoms with Crippen molar-refractivity contribution in [2.24, 2.45) is 0 Å². The molecule has 0 radical (unpaired) electrons. The van der Waals surface area contributed by atoms with Gasteiger partial charge in [-0.2, -0.15) is 5.26 Å². The molecule has 1 rings (SSSR count). The third kappa shape index (κ3) is 2.52. The highest BCUT2D eigenvalue weighted by molar-refractivity contribution is 14.1. The average molecular weight is 274 g/mol. The molecule has 0 saturated carbocycles. The summed E-state index contributed by atoms with van der Waals surface area (Å²) in [5.41, 5.74) is 1.13. The van der Waals surface area contributed by atoms with Gasteiger partial charge in [0.05, 0.1) is 12.5 Å². The molecule has 1 aromatic heterocycles. The van der Waals surface area contributed by atoms with Crippen LogP contribution in [0.15, 0.2) is 18.3 Å². The highest BCUT2D eigenvalue weighted by Crippen LogP contribution is 2.04. The molecule has 0 aliphatic rings. The Morgan fingerprint density at radius 1 is 1.58 bits per heavy atom. The fourth-order valence-corrected chi connectivity index (χ4v) is 1.48. The van der Waals surface area contributed by atoms with E-state index in [-0.39, 0.29) is 0 Å². The maximum absolute atomic E-state index is 8.52. The smallest absolute Gasteiger partial charge is 0.0754 e. The number of nitrogens with zero attached hydrogens (tertiary/aromatic N) is 2. The average Bonchev–Trinajstić information content (AvgIpc) is 2.50. The van der Waals surface area contributed by atoms with Gasteiger partial charge in [-0.25, -0.2) is 0 Å². The highest BCUT2D eigenvalue weighted by Gasteiger charge is 1.98. The van der Waals surface area contributed by atoms with Crippen LogP contribution in [0.25, 0.3) is 0 Å². The number of alkyl halides is 1. The third-order valence-electron chi connectivity index (χ3n) is 1.72. The van der Waals surface area contributed by atoms with Crippen LogP contribution in [0.1, 0.15) is 12.1 Å². The van der Waals surface area contributed by atoms with Crippen molar-refractivity contribution in [3.8, 4) is 6.07 Å². The van der Waals surface area contributed by atoms with Crippen molar-refractivity contribution in [3.05, 3.63) is 24.0 Å². The topological polar surface area (TPSA) is 28.7 Å². The fraction of sp³-hybridized carbons (Fsp3) is 0.444. The molecule has 0 spiro atoms. The van der Waals surface area contributed by atoms with Crippen LogP contribution in [0.5, 0.6) is 0 Å². The molecule has 0 saturated heterocycles. The summed E-state index contributed by atoms with van der Waals surface area (Å²) in [6.45, 7) is 1.03. The molecular weight excluding hydrogens is 263 g/mol. The predicted molar refractivity (Wildman–Crippen MR) is 57.3 cm³/mol. The lowest BCUT2D eigenvalue weighted by Gasteiger charge is -2.04. The first-order valence-corrected chi connectivity index (χ1v) is 5.48. The van der Waals surface area contributed by atoms with Crippen molar-refractivity contribution in [1.82, 2.24) is 4.57 Å². The Morgan fingerprint density at radius 2 is 2.42 bits per heavy atom. The van der Waals surface area contributed by atoms with E-state index in [2.05, 4.69) is 33.2 Å². The Kier molecular flexibility index (Phi) is 4.15. The lowest BCUT2D eigenvalue weighted by atomic mass is 10.3. The molecule has 0 N–H and O–H groups in total. The van der Waals surface area contributed by atoms with E-state index in [1.54, 1.807) is 0 Å².